The van der Waals surface area contributed by atoms with E-state index >= 15 is 0 Å². The van der Waals surface area contributed by atoms with Gasteiger partial charge in [-0.25, -0.2) is 4.39 Å². The van der Waals surface area contributed by atoms with Crippen molar-refractivity contribution < 1.29 is 4.39 Å². The highest BCUT2D eigenvalue weighted by Crippen LogP contribution is 2.30. The Hall–Kier alpha value is -0.800. The van der Waals surface area contributed by atoms with Gasteiger partial charge < -0.3 is 0 Å². The second kappa shape index (κ2) is 5.69. The molecule has 0 atom stereocenters. The van der Waals surface area contributed by atoms with Gasteiger partial charge in [-0.15, -0.1) is 0 Å². The third-order valence-electron chi connectivity index (χ3n) is 2.46. The van der Waals surface area contributed by atoms with Crippen LogP contribution in [0.25, 0.3) is 0 Å². The van der Waals surface area contributed by atoms with Crippen LogP contribution in [0.15, 0.2) is 56.7 Å². The maximum absolute atomic E-state index is 13.3. The Kier molecular flexibility index (Phi) is 4.24. The number of hydrogen-bond acceptors (Lipinski definition) is 1. The Balaban J connectivity index is 2.16. The summed E-state index contributed by atoms with van der Waals surface area (Å²) in [7, 11) is 0. The van der Waals surface area contributed by atoms with Gasteiger partial charge in [0.25, 0.3) is 0 Å². The maximum Gasteiger partial charge on any atom is 0.138 e. The zero-order chi connectivity index (χ0) is 12.3. The van der Waals surface area contributed by atoms with Crippen molar-refractivity contribution in [1.82, 2.24) is 0 Å². The van der Waals surface area contributed by atoms with E-state index in [-0.39, 0.29) is 5.82 Å². The molecule has 0 aliphatic carbocycles. The lowest BCUT2D eigenvalue weighted by atomic mass is 10.2. The Bertz CT molecular complexity index is 508. The first-order valence-corrected chi connectivity index (χ1v) is 7.02. The van der Waals surface area contributed by atoms with Crippen molar-refractivity contribution in [3.05, 3.63) is 58.3 Å². The summed E-state index contributed by atoms with van der Waals surface area (Å²) < 4.78 is 13.8. The van der Waals surface area contributed by atoms with Gasteiger partial charge in [0.05, 0.1) is 4.47 Å². The van der Waals surface area contributed by atoms with Crippen molar-refractivity contribution in [2.45, 2.75) is 23.1 Å². The van der Waals surface area contributed by atoms with E-state index in [1.165, 1.54) is 5.56 Å². The lowest BCUT2D eigenvalue weighted by molar-refractivity contribution is 0.617. The van der Waals surface area contributed by atoms with Crippen LogP contribution in [0.1, 0.15) is 12.5 Å². The number of aryl methyl sites for hydroxylation is 1. The SMILES string of the molecule is CCc1ccc(Sc2ccc(Br)c(F)c2)cc1. The number of halogens is 2. The predicted molar refractivity (Wildman–Crippen MR) is 74.0 cm³/mol. The summed E-state index contributed by atoms with van der Waals surface area (Å²) in [6.07, 6.45) is 1.04. The zero-order valence-corrected chi connectivity index (χ0v) is 11.8. The highest BCUT2D eigenvalue weighted by molar-refractivity contribution is 9.10. The summed E-state index contributed by atoms with van der Waals surface area (Å²) >= 11 is 4.72. The minimum atomic E-state index is -0.222. The molecule has 88 valence electrons. The summed E-state index contributed by atoms with van der Waals surface area (Å²) in [6, 6.07) is 13.5. The third kappa shape index (κ3) is 3.33. The van der Waals surface area contributed by atoms with Crippen LogP contribution in [-0.4, -0.2) is 0 Å². The molecule has 2 aromatic carbocycles. The lowest BCUT2D eigenvalue weighted by Crippen LogP contribution is -1.81. The topological polar surface area (TPSA) is 0 Å². The first-order chi connectivity index (χ1) is 8.19. The Morgan fingerprint density at radius 2 is 1.71 bits per heavy atom. The average molecular weight is 311 g/mol. The molecule has 0 saturated heterocycles. The van der Waals surface area contributed by atoms with Crippen molar-refractivity contribution in [3.8, 4) is 0 Å². The first kappa shape index (κ1) is 12.7. The minimum absolute atomic E-state index is 0.222. The molecule has 0 nitrogen and oxygen atoms in total. The van der Waals surface area contributed by atoms with E-state index < -0.39 is 0 Å². The molecule has 3 heteroatoms. The molecule has 0 unspecified atom stereocenters. The summed E-state index contributed by atoms with van der Waals surface area (Å²) in [5.74, 6) is -0.222. The monoisotopic (exact) mass is 310 g/mol. The van der Waals surface area contributed by atoms with Crippen LogP contribution in [0.4, 0.5) is 4.39 Å². The van der Waals surface area contributed by atoms with Crippen LogP contribution in [0, 0.1) is 5.82 Å². The molecule has 0 aromatic heterocycles. The van der Waals surface area contributed by atoms with Crippen molar-refractivity contribution in [2.24, 2.45) is 0 Å². The average Bonchev–Trinajstić information content (AvgIpc) is 2.35. The van der Waals surface area contributed by atoms with Gasteiger partial charge in [0.15, 0.2) is 0 Å². The van der Waals surface area contributed by atoms with E-state index in [0.717, 1.165) is 16.2 Å². The molecule has 2 aromatic rings. The molecule has 0 bridgehead atoms. The Morgan fingerprint density at radius 3 is 2.29 bits per heavy atom. The molecule has 0 heterocycles. The van der Waals surface area contributed by atoms with Crippen LogP contribution < -0.4 is 0 Å². The van der Waals surface area contributed by atoms with Gasteiger partial charge in [-0.3, -0.25) is 0 Å². The fraction of sp³-hybridized carbons (Fsp3) is 0.143. The second-order valence-electron chi connectivity index (χ2n) is 3.68. The summed E-state index contributed by atoms with van der Waals surface area (Å²) in [5.41, 5.74) is 1.32. The van der Waals surface area contributed by atoms with Gasteiger partial charge in [0.2, 0.25) is 0 Å². The first-order valence-electron chi connectivity index (χ1n) is 5.41. The summed E-state index contributed by atoms with van der Waals surface area (Å²) in [4.78, 5) is 2.04. The van der Waals surface area contributed by atoms with E-state index in [9.17, 15) is 4.39 Å². The zero-order valence-electron chi connectivity index (χ0n) is 9.41. The molecule has 0 N–H and O–H groups in total. The quantitative estimate of drug-likeness (QED) is 0.741. The van der Waals surface area contributed by atoms with E-state index in [0.29, 0.717) is 4.47 Å². The van der Waals surface area contributed by atoms with E-state index in [1.807, 2.05) is 6.07 Å². The van der Waals surface area contributed by atoms with Crippen molar-refractivity contribution in [2.75, 3.05) is 0 Å². The van der Waals surface area contributed by atoms with Crippen LogP contribution in [0.5, 0.6) is 0 Å². The molecule has 0 amide bonds. The second-order valence-corrected chi connectivity index (χ2v) is 5.68. The van der Waals surface area contributed by atoms with Crippen LogP contribution in [-0.2, 0) is 6.42 Å². The largest absolute Gasteiger partial charge is 0.206 e. The summed E-state index contributed by atoms with van der Waals surface area (Å²) in [6.45, 7) is 2.13. The van der Waals surface area contributed by atoms with Crippen molar-refractivity contribution in [1.29, 1.82) is 0 Å². The highest BCUT2D eigenvalue weighted by Gasteiger charge is 2.02. The Morgan fingerprint density at radius 1 is 1.06 bits per heavy atom. The molecule has 0 fully saturated rings. The van der Waals surface area contributed by atoms with Crippen LogP contribution in [0.2, 0.25) is 0 Å². The molecule has 0 aliphatic rings. The van der Waals surface area contributed by atoms with Gasteiger partial charge >= 0.3 is 0 Å². The molecule has 0 radical (unpaired) electrons. The number of rotatable bonds is 3. The predicted octanol–water partition coefficient (Wildman–Crippen LogP) is 5.30. The molecular weight excluding hydrogens is 299 g/mol. The standard InChI is InChI=1S/C14H12BrFS/c1-2-10-3-5-11(6-4-10)17-12-7-8-13(15)14(16)9-12/h3-9H,2H2,1H3. The van der Waals surface area contributed by atoms with Gasteiger partial charge in [0.1, 0.15) is 5.82 Å². The normalized spacial score (nSPS) is 10.5. The summed E-state index contributed by atoms with van der Waals surface area (Å²) in [5, 5.41) is 0. The Labute approximate surface area is 113 Å². The van der Waals surface area contributed by atoms with E-state index in [4.69, 9.17) is 0 Å². The number of benzene rings is 2. The highest BCUT2D eigenvalue weighted by atomic mass is 79.9. The minimum Gasteiger partial charge on any atom is -0.206 e. The van der Waals surface area contributed by atoms with Crippen molar-refractivity contribution >= 4 is 27.7 Å². The van der Waals surface area contributed by atoms with Gasteiger partial charge in [-0.05, 0) is 58.2 Å². The smallest absolute Gasteiger partial charge is 0.138 e. The van der Waals surface area contributed by atoms with E-state index in [2.05, 4.69) is 47.1 Å². The number of hydrogen-bond donors (Lipinski definition) is 0. The van der Waals surface area contributed by atoms with Crippen molar-refractivity contribution in [3.63, 3.8) is 0 Å². The van der Waals surface area contributed by atoms with Gasteiger partial charge in [0, 0.05) is 9.79 Å². The third-order valence-corrected chi connectivity index (χ3v) is 4.10. The fourth-order valence-electron chi connectivity index (χ4n) is 1.47. The molecule has 0 aliphatic heterocycles. The lowest BCUT2D eigenvalue weighted by Gasteiger charge is -2.04. The van der Waals surface area contributed by atoms with Crippen LogP contribution >= 0.6 is 27.7 Å². The molecule has 0 spiro atoms. The molecule has 2 rings (SSSR count). The van der Waals surface area contributed by atoms with Gasteiger partial charge in [-0.2, -0.15) is 0 Å². The molecule has 0 saturated carbocycles. The fourth-order valence-corrected chi connectivity index (χ4v) is 2.56. The van der Waals surface area contributed by atoms with E-state index in [1.54, 1.807) is 23.9 Å². The molecule has 17 heavy (non-hydrogen) atoms. The maximum atomic E-state index is 13.3. The van der Waals surface area contributed by atoms with Gasteiger partial charge in [-0.1, -0.05) is 30.8 Å². The molecular formula is C14H12BrFS. The van der Waals surface area contributed by atoms with Crippen LogP contribution in [0.3, 0.4) is 0 Å².